The van der Waals surface area contributed by atoms with Gasteiger partial charge in [0.25, 0.3) is 0 Å². The van der Waals surface area contributed by atoms with Gasteiger partial charge in [0.1, 0.15) is 0 Å². The molecule has 0 unspecified atom stereocenters. The van der Waals surface area contributed by atoms with Crippen molar-refractivity contribution in [3.8, 4) is 0 Å². The highest BCUT2D eigenvalue weighted by molar-refractivity contribution is 6.33. The van der Waals surface area contributed by atoms with Crippen LogP contribution in [-0.2, 0) is 12.7 Å². The van der Waals surface area contributed by atoms with Gasteiger partial charge in [-0.15, -0.1) is 0 Å². The van der Waals surface area contributed by atoms with Gasteiger partial charge in [0.2, 0.25) is 0 Å². The van der Waals surface area contributed by atoms with Gasteiger partial charge in [-0.3, -0.25) is 0 Å². The van der Waals surface area contributed by atoms with E-state index < -0.39 is 11.7 Å². The van der Waals surface area contributed by atoms with Gasteiger partial charge in [-0.25, -0.2) is 0 Å². The van der Waals surface area contributed by atoms with E-state index in [4.69, 9.17) is 11.6 Å². The predicted octanol–water partition coefficient (Wildman–Crippen LogP) is 5.28. The molecule has 2 rings (SSSR count). The molecule has 0 aromatic heterocycles. The lowest BCUT2D eigenvalue weighted by Gasteiger charge is -2.15. The molecule has 0 amide bonds. The predicted molar refractivity (Wildman–Crippen MR) is 75.0 cm³/mol. The minimum Gasteiger partial charge on any atom is -0.380 e. The monoisotopic (exact) mass is 299 g/mol. The maximum atomic E-state index is 12.9. The number of para-hydroxylation sites is 1. The van der Waals surface area contributed by atoms with E-state index in [-0.39, 0.29) is 12.1 Å². The molecule has 0 atom stereocenters. The first-order valence-corrected chi connectivity index (χ1v) is 6.41. The molecule has 1 N–H and O–H groups in total. The SMILES string of the molecule is Cc1cccc(Cl)c1NCc1ccccc1C(F)(F)F. The summed E-state index contributed by atoms with van der Waals surface area (Å²) in [5.41, 5.74) is 1.12. The summed E-state index contributed by atoms with van der Waals surface area (Å²) in [7, 11) is 0. The van der Waals surface area contributed by atoms with E-state index in [9.17, 15) is 13.2 Å². The first-order chi connectivity index (χ1) is 9.39. The molecule has 0 radical (unpaired) electrons. The van der Waals surface area contributed by atoms with E-state index in [2.05, 4.69) is 5.32 Å². The smallest absolute Gasteiger partial charge is 0.380 e. The summed E-state index contributed by atoms with van der Waals surface area (Å²) in [6.07, 6.45) is -4.35. The van der Waals surface area contributed by atoms with Gasteiger partial charge >= 0.3 is 6.18 Å². The third-order valence-electron chi connectivity index (χ3n) is 3.00. The van der Waals surface area contributed by atoms with Crippen LogP contribution >= 0.6 is 11.6 Å². The minimum absolute atomic E-state index is 0.0697. The fraction of sp³-hybridized carbons (Fsp3) is 0.200. The van der Waals surface area contributed by atoms with Crippen molar-refractivity contribution in [2.45, 2.75) is 19.6 Å². The van der Waals surface area contributed by atoms with Gasteiger partial charge < -0.3 is 5.32 Å². The number of nitrogens with one attached hydrogen (secondary N) is 1. The van der Waals surface area contributed by atoms with E-state index in [1.165, 1.54) is 12.1 Å². The average Bonchev–Trinajstić information content (AvgIpc) is 2.37. The van der Waals surface area contributed by atoms with Crippen LogP contribution < -0.4 is 5.32 Å². The highest BCUT2D eigenvalue weighted by Gasteiger charge is 2.32. The summed E-state index contributed by atoms with van der Waals surface area (Å²) in [5, 5.41) is 3.47. The second-order valence-electron chi connectivity index (χ2n) is 4.44. The number of hydrogen-bond donors (Lipinski definition) is 1. The van der Waals surface area contributed by atoms with Crippen molar-refractivity contribution in [2.75, 3.05) is 5.32 Å². The maximum absolute atomic E-state index is 12.9. The molecule has 1 nitrogen and oxygen atoms in total. The minimum atomic E-state index is -4.35. The van der Waals surface area contributed by atoms with E-state index in [0.717, 1.165) is 11.6 Å². The Kier molecular flexibility index (Phi) is 4.23. The third-order valence-corrected chi connectivity index (χ3v) is 3.32. The lowest BCUT2D eigenvalue weighted by atomic mass is 10.1. The van der Waals surface area contributed by atoms with E-state index in [1.807, 2.05) is 13.0 Å². The Balaban J connectivity index is 2.24. The van der Waals surface area contributed by atoms with Crippen molar-refractivity contribution < 1.29 is 13.2 Å². The number of rotatable bonds is 3. The fourth-order valence-electron chi connectivity index (χ4n) is 1.99. The molecule has 2 aromatic rings. The van der Waals surface area contributed by atoms with Gasteiger partial charge in [-0.1, -0.05) is 41.9 Å². The first-order valence-electron chi connectivity index (χ1n) is 6.03. The second kappa shape index (κ2) is 5.75. The van der Waals surface area contributed by atoms with Crippen LogP contribution in [0.25, 0.3) is 0 Å². The number of aryl methyl sites for hydroxylation is 1. The Morgan fingerprint density at radius 3 is 2.40 bits per heavy atom. The number of hydrogen-bond acceptors (Lipinski definition) is 1. The normalized spacial score (nSPS) is 11.4. The zero-order valence-corrected chi connectivity index (χ0v) is 11.5. The van der Waals surface area contributed by atoms with Crippen LogP contribution in [0.2, 0.25) is 5.02 Å². The zero-order valence-electron chi connectivity index (χ0n) is 10.8. The van der Waals surface area contributed by atoms with Gasteiger partial charge in [0.05, 0.1) is 16.3 Å². The summed E-state index contributed by atoms with van der Waals surface area (Å²) in [5.74, 6) is 0. The largest absolute Gasteiger partial charge is 0.416 e. The molecule has 0 fully saturated rings. The van der Waals surface area contributed by atoms with Crippen LogP contribution in [0.3, 0.4) is 0 Å². The molecule has 106 valence electrons. The molecular weight excluding hydrogens is 287 g/mol. The van der Waals surface area contributed by atoms with Crippen LogP contribution in [0.4, 0.5) is 18.9 Å². The standard InChI is InChI=1S/C15H13ClF3N/c1-10-5-4-8-13(16)14(10)20-9-11-6-2-3-7-12(11)15(17,18)19/h2-8,20H,9H2,1H3. The fourth-order valence-corrected chi connectivity index (χ4v) is 2.28. The maximum Gasteiger partial charge on any atom is 0.416 e. The van der Waals surface area contributed by atoms with Crippen LogP contribution in [0, 0.1) is 6.92 Å². The van der Waals surface area contributed by atoms with E-state index in [1.54, 1.807) is 18.2 Å². The molecule has 0 heterocycles. The summed E-state index contributed by atoms with van der Waals surface area (Å²) in [4.78, 5) is 0. The molecule has 0 aliphatic rings. The van der Waals surface area contributed by atoms with Gasteiger partial charge in [-0.05, 0) is 30.2 Å². The van der Waals surface area contributed by atoms with Crippen LogP contribution in [0.1, 0.15) is 16.7 Å². The highest BCUT2D eigenvalue weighted by Crippen LogP contribution is 2.33. The molecule has 0 saturated carbocycles. The highest BCUT2D eigenvalue weighted by atomic mass is 35.5. The Bertz CT molecular complexity index is 588. The zero-order chi connectivity index (χ0) is 14.8. The summed E-state index contributed by atoms with van der Waals surface area (Å²) in [6.45, 7) is 1.92. The van der Waals surface area contributed by atoms with Crippen molar-refractivity contribution >= 4 is 17.3 Å². The molecule has 2 aromatic carbocycles. The van der Waals surface area contributed by atoms with Gasteiger partial charge in [-0.2, -0.15) is 13.2 Å². The second-order valence-corrected chi connectivity index (χ2v) is 4.85. The first kappa shape index (κ1) is 14.7. The third kappa shape index (κ3) is 3.25. The number of alkyl halides is 3. The molecule has 0 aliphatic carbocycles. The van der Waals surface area contributed by atoms with Crippen molar-refractivity contribution in [3.05, 3.63) is 64.2 Å². The lowest BCUT2D eigenvalue weighted by molar-refractivity contribution is -0.138. The molecule has 5 heteroatoms. The van der Waals surface area contributed by atoms with Crippen LogP contribution in [-0.4, -0.2) is 0 Å². The molecule has 0 saturated heterocycles. The summed E-state index contributed by atoms with van der Waals surface area (Å²) >= 11 is 6.04. The van der Waals surface area contributed by atoms with Gasteiger partial charge in [0, 0.05) is 6.54 Å². The van der Waals surface area contributed by atoms with E-state index >= 15 is 0 Å². The van der Waals surface area contributed by atoms with Crippen LogP contribution in [0.5, 0.6) is 0 Å². The quantitative estimate of drug-likeness (QED) is 0.813. The number of benzene rings is 2. The molecule has 20 heavy (non-hydrogen) atoms. The van der Waals surface area contributed by atoms with Crippen molar-refractivity contribution in [1.29, 1.82) is 0 Å². The Labute approximate surface area is 120 Å². The summed E-state index contributed by atoms with van der Waals surface area (Å²) in [6, 6.07) is 10.9. The van der Waals surface area contributed by atoms with E-state index in [0.29, 0.717) is 10.7 Å². The Morgan fingerprint density at radius 2 is 1.75 bits per heavy atom. The number of anilines is 1. The van der Waals surface area contributed by atoms with Crippen molar-refractivity contribution in [3.63, 3.8) is 0 Å². The molecule has 0 spiro atoms. The lowest BCUT2D eigenvalue weighted by Crippen LogP contribution is -2.12. The molecular formula is C15H13ClF3N. The topological polar surface area (TPSA) is 12.0 Å². The summed E-state index contributed by atoms with van der Waals surface area (Å²) < 4.78 is 38.6. The number of halogens is 4. The van der Waals surface area contributed by atoms with Crippen LogP contribution in [0.15, 0.2) is 42.5 Å². The Hall–Kier alpha value is -1.68. The Morgan fingerprint density at radius 1 is 1.05 bits per heavy atom. The van der Waals surface area contributed by atoms with Gasteiger partial charge in [0.15, 0.2) is 0 Å². The van der Waals surface area contributed by atoms with Crippen molar-refractivity contribution in [1.82, 2.24) is 0 Å². The molecule has 0 aliphatic heterocycles. The average molecular weight is 300 g/mol. The molecule has 0 bridgehead atoms. The van der Waals surface area contributed by atoms with Crippen molar-refractivity contribution in [2.24, 2.45) is 0 Å².